The number of unbranched alkanes of at least 4 members (excludes halogenated alkanes) is 25. The number of hydrogen-bond donors (Lipinski definition) is 3. The molecule has 0 fully saturated rings. The standard InChI is InChI=1S/C51H93O10P/c1-3-5-7-9-11-13-15-17-19-21-23-25-27-29-31-33-35-37-39-41-43-51(55)61-49(45-53)47-59-62(56,57)58-46-48(44-52)60-50(54)42-40-38-36-34-32-30-28-26-24-22-20-18-16-14-12-10-8-6-4-2/h6,8,12,14,18,20,24,26,48-49,52-53H,3-5,7,9-11,13,15-17,19,21-23,25,27-47H2,1-2H3,(H,56,57)/b8-6-,14-12-,20-18-,26-24-. The highest BCUT2D eigenvalue weighted by Crippen LogP contribution is 2.43. The monoisotopic (exact) mass is 897 g/mol. The highest BCUT2D eigenvalue weighted by Gasteiger charge is 2.27. The molecule has 0 aliphatic heterocycles. The molecule has 11 heteroatoms. The van der Waals surface area contributed by atoms with Crippen LogP contribution >= 0.6 is 7.82 Å². The van der Waals surface area contributed by atoms with E-state index in [0.29, 0.717) is 12.8 Å². The second kappa shape index (κ2) is 46.9. The summed E-state index contributed by atoms with van der Waals surface area (Å²) in [5.74, 6) is -1.03. The van der Waals surface area contributed by atoms with E-state index in [9.17, 15) is 29.3 Å². The number of rotatable bonds is 47. The maximum Gasteiger partial charge on any atom is 0.472 e. The molecule has 3 N–H and O–H groups in total. The van der Waals surface area contributed by atoms with Crippen molar-refractivity contribution in [3.8, 4) is 0 Å². The molecule has 0 aliphatic carbocycles. The lowest BCUT2D eigenvalue weighted by Crippen LogP contribution is -2.28. The molecular formula is C51H93O10P. The number of allylic oxidation sites excluding steroid dienone is 8. The van der Waals surface area contributed by atoms with Gasteiger partial charge in [-0.3, -0.25) is 18.6 Å². The summed E-state index contributed by atoms with van der Waals surface area (Å²) in [6, 6.07) is 0. The van der Waals surface area contributed by atoms with Crippen molar-refractivity contribution in [2.75, 3.05) is 26.4 Å². The number of phosphoric ester groups is 1. The van der Waals surface area contributed by atoms with Gasteiger partial charge in [0.25, 0.3) is 0 Å². The van der Waals surface area contributed by atoms with Crippen molar-refractivity contribution in [3.63, 3.8) is 0 Å². The maximum absolute atomic E-state index is 12.4. The van der Waals surface area contributed by atoms with Crippen LogP contribution in [0.5, 0.6) is 0 Å². The third kappa shape index (κ3) is 44.5. The van der Waals surface area contributed by atoms with Gasteiger partial charge in [0.15, 0.2) is 0 Å². The zero-order valence-electron chi connectivity index (χ0n) is 39.6. The van der Waals surface area contributed by atoms with Gasteiger partial charge in [0.05, 0.1) is 26.4 Å². The van der Waals surface area contributed by atoms with E-state index in [2.05, 4.69) is 62.5 Å². The molecule has 0 aliphatic rings. The number of aliphatic hydroxyl groups excluding tert-OH is 2. The molecular weight excluding hydrogens is 804 g/mol. The topological polar surface area (TPSA) is 149 Å². The quantitative estimate of drug-likeness (QED) is 0.0233. The summed E-state index contributed by atoms with van der Waals surface area (Å²) in [6.45, 7) is 2.12. The summed E-state index contributed by atoms with van der Waals surface area (Å²) in [5, 5.41) is 19.2. The first kappa shape index (κ1) is 59.9. The van der Waals surface area contributed by atoms with Crippen LogP contribution in [-0.4, -0.2) is 65.7 Å². The predicted molar refractivity (Wildman–Crippen MR) is 256 cm³/mol. The summed E-state index contributed by atoms with van der Waals surface area (Å²) in [7, 11) is -4.65. The van der Waals surface area contributed by atoms with Gasteiger partial charge in [-0.05, 0) is 51.4 Å². The van der Waals surface area contributed by atoms with Crippen LogP contribution in [0, 0.1) is 0 Å². The molecule has 0 aromatic carbocycles. The van der Waals surface area contributed by atoms with Gasteiger partial charge in [-0.15, -0.1) is 0 Å². The van der Waals surface area contributed by atoms with Gasteiger partial charge < -0.3 is 24.6 Å². The number of ether oxygens (including phenoxy) is 2. The third-order valence-electron chi connectivity index (χ3n) is 10.8. The van der Waals surface area contributed by atoms with Gasteiger partial charge in [0.1, 0.15) is 12.2 Å². The number of esters is 2. The van der Waals surface area contributed by atoms with Crippen LogP contribution in [-0.2, 0) is 32.7 Å². The molecule has 0 saturated carbocycles. The van der Waals surface area contributed by atoms with Crippen molar-refractivity contribution in [1.82, 2.24) is 0 Å². The summed E-state index contributed by atoms with van der Waals surface area (Å²) in [6.07, 6.45) is 52.2. The minimum atomic E-state index is -4.65. The molecule has 0 rings (SSSR count). The Labute approximate surface area is 379 Å². The van der Waals surface area contributed by atoms with Gasteiger partial charge in [-0.1, -0.05) is 210 Å². The fourth-order valence-corrected chi connectivity index (χ4v) is 7.77. The van der Waals surface area contributed by atoms with Crippen LogP contribution in [0.3, 0.4) is 0 Å². The lowest BCUT2D eigenvalue weighted by Gasteiger charge is -2.20. The Hall–Kier alpha value is -2.07. The van der Waals surface area contributed by atoms with Gasteiger partial charge in [0.2, 0.25) is 0 Å². The van der Waals surface area contributed by atoms with Crippen molar-refractivity contribution in [2.45, 2.75) is 238 Å². The zero-order chi connectivity index (χ0) is 45.5. The van der Waals surface area contributed by atoms with Crippen LogP contribution in [0.1, 0.15) is 226 Å². The molecule has 0 spiro atoms. The first-order valence-electron chi connectivity index (χ1n) is 25.1. The summed E-state index contributed by atoms with van der Waals surface area (Å²) in [4.78, 5) is 34.7. The van der Waals surface area contributed by atoms with E-state index >= 15 is 0 Å². The predicted octanol–water partition coefficient (Wildman–Crippen LogP) is 14.1. The van der Waals surface area contributed by atoms with Crippen LogP contribution in [0.2, 0.25) is 0 Å². The van der Waals surface area contributed by atoms with Crippen molar-refractivity contribution in [3.05, 3.63) is 48.6 Å². The van der Waals surface area contributed by atoms with Crippen LogP contribution in [0.15, 0.2) is 48.6 Å². The van der Waals surface area contributed by atoms with Gasteiger partial charge in [0, 0.05) is 12.8 Å². The first-order valence-corrected chi connectivity index (χ1v) is 26.6. The smallest absolute Gasteiger partial charge is 0.457 e. The maximum atomic E-state index is 12.4. The van der Waals surface area contributed by atoms with E-state index in [0.717, 1.165) is 83.5 Å². The van der Waals surface area contributed by atoms with E-state index in [4.69, 9.17) is 18.5 Å². The number of aliphatic hydroxyl groups is 2. The molecule has 0 bridgehead atoms. The molecule has 3 atom stereocenters. The van der Waals surface area contributed by atoms with Crippen LogP contribution < -0.4 is 0 Å². The van der Waals surface area contributed by atoms with Crippen molar-refractivity contribution < 1.29 is 47.8 Å². The Bertz CT molecular complexity index is 1170. The number of phosphoric acid groups is 1. The molecule has 0 heterocycles. The second-order valence-electron chi connectivity index (χ2n) is 16.8. The molecule has 0 aromatic rings. The van der Waals surface area contributed by atoms with E-state index in [1.807, 2.05) is 0 Å². The Morgan fingerprint density at radius 3 is 1.10 bits per heavy atom. The SMILES string of the molecule is CC/C=C\C/C=C\C/C=C\C/C=C\CCCCCCCCC(=O)OC(CO)COP(=O)(O)OCC(CO)OC(=O)CCCCCCCCCCCCCCCCCCCCCC. The van der Waals surface area contributed by atoms with E-state index in [1.165, 1.54) is 103 Å². The van der Waals surface area contributed by atoms with E-state index in [-0.39, 0.29) is 12.8 Å². The normalized spacial score (nSPS) is 14.1. The highest BCUT2D eigenvalue weighted by molar-refractivity contribution is 7.47. The van der Waals surface area contributed by atoms with Crippen molar-refractivity contribution >= 4 is 19.8 Å². The lowest BCUT2D eigenvalue weighted by molar-refractivity contribution is -0.153. The third-order valence-corrected chi connectivity index (χ3v) is 11.8. The molecule has 0 radical (unpaired) electrons. The number of hydrogen-bond acceptors (Lipinski definition) is 9. The fraction of sp³-hybridized carbons (Fsp3) is 0.804. The van der Waals surface area contributed by atoms with Crippen LogP contribution in [0.25, 0.3) is 0 Å². The summed E-state index contributed by atoms with van der Waals surface area (Å²) in [5.41, 5.74) is 0. The van der Waals surface area contributed by atoms with E-state index in [1.54, 1.807) is 0 Å². The van der Waals surface area contributed by atoms with Gasteiger partial charge in [-0.25, -0.2) is 4.57 Å². The largest absolute Gasteiger partial charge is 0.472 e. The average Bonchev–Trinajstić information content (AvgIpc) is 3.26. The summed E-state index contributed by atoms with van der Waals surface area (Å²) >= 11 is 0. The minimum absolute atomic E-state index is 0.175. The molecule has 0 aromatic heterocycles. The highest BCUT2D eigenvalue weighted by atomic mass is 31.2. The Morgan fingerprint density at radius 2 is 0.758 bits per heavy atom. The molecule has 62 heavy (non-hydrogen) atoms. The Balaban J connectivity index is 3.86. The number of carbonyl (C=O) groups excluding carboxylic acids is 2. The Morgan fingerprint density at radius 1 is 0.452 bits per heavy atom. The van der Waals surface area contributed by atoms with Crippen molar-refractivity contribution in [2.24, 2.45) is 0 Å². The molecule has 362 valence electrons. The lowest BCUT2D eigenvalue weighted by atomic mass is 10.0. The molecule has 0 saturated heterocycles. The summed E-state index contributed by atoms with van der Waals surface area (Å²) < 4.78 is 32.7. The van der Waals surface area contributed by atoms with E-state index < -0.39 is 58.4 Å². The first-order chi connectivity index (χ1) is 30.3. The molecule has 10 nitrogen and oxygen atoms in total. The second-order valence-corrected chi connectivity index (χ2v) is 18.2. The fourth-order valence-electron chi connectivity index (χ4n) is 6.99. The molecule has 3 unspecified atom stereocenters. The van der Waals surface area contributed by atoms with Gasteiger partial charge in [-0.2, -0.15) is 0 Å². The average molecular weight is 897 g/mol. The van der Waals surface area contributed by atoms with Crippen molar-refractivity contribution in [1.29, 1.82) is 0 Å². The van der Waals surface area contributed by atoms with Gasteiger partial charge >= 0.3 is 19.8 Å². The minimum Gasteiger partial charge on any atom is -0.457 e. The molecule has 0 amide bonds. The number of carbonyl (C=O) groups is 2. The zero-order valence-corrected chi connectivity index (χ0v) is 40.5. The Kier molecular flexibility index (Phi) is 45.3. The van der Waals surface area contributed by atoms with Crippen LogP contribution in [0.4, 0.5) is 0 Å².